The molecule has 0 radical (unpaired) electrons. The molecule has 0 amide bonds. The van der Waals surface area contributed by atoms with Gasteiger partial charge in [0.15, 0.2) is 0 Å². The maximum Gasteiger partial charge on any atom is 0.460 e. The molecule has 0 aromatic rings. The van der Waals surface area contributed by atoms with Gasteiger partial charge in [-0.1, -0.05) is 13.2 Å². The van der Waals surface area contributed by atoms with E-state index in [1.165, 1.54) is 0 Å². The lowest BCUT2D eigenvalue weighted by Gasteiger charge is -2.43. The highest BCUT2D eigenvalue weighted by Crippen LogP contribution is 2.64. The fourth-order valence-electron chi connectivity index (χ4n) is 2.88. The summed E-state index contributed by atoms with van der Waals surface area (Å²) < 4.78 is 242. The van der Waals surface area contributed by atoms with E-state index in [1.54, 1.807) is 0 Å². The lowest BCUT2D eigenvalue weighted by atomic mass is 9.87. The van der Waals surface area contributed by atoms with Crippen molar-refractivity contribution in [3.8, 4) is 0 Å². The summed E-state index contributed by atoms with van der Waals surface area (Å²) in [5.41, 5.74) is -2.91. The number of esters is 3. The molecule has 1 N–H and O–H groups in total. The van der Waals surface area contributed by atoms with Crippen molar-refractivity contribution in [3.63, 3.8) is 0 Å². The molecule has 0 saturated heterocycles. The van der Waals surface area contributed by atoms with E-state index in [2.05, 4.69) is 27.4 Å². The van der Waals surface area contributed by atoms with E-state index in [0.717, 1.165) is 20.8 Å². The van der Waals surface area contributed by atoms with E-state index >= 15 is 0 Å². The maximum atomic E-state index is 14.2. The van der Waals surface area contributed by atoms with Crippen LogP contribution in [-0.4, -0.2) is 96.6 Å². The number of carbonyl (C=O) groups excluding carboxylic acids is 3. The highest BCUT2D eigenvalue weighted by Gasteiger charge is 2.95. The Morgan fingerprint density at radius 3 is 1.21 bits per heavy atom. The van der Waals surface area contributed by atoms with Crippen molar-refractivity contribution < 1.29 is 108 Å². The first-order valence-electron chi connectivity index (χ1n) is 12.1. The van der Waals surface area contributed by atoms with Gasteiger partial charge in [0.1, 0.15) is 25.2 Å². The van der Waals surface area contributed by atoms with Gasteiger partial charge in [-0.05, 0) is 20.8 Å². The average molecular weight is 746 g/mol. The van der Waals surface area contributed by atoms with Crippen LogP contribution >= 0.6 is 0 Å². The summed E-state index contributed by atoms with van der Waals surface area (Å²) in [6, 6.07) is 0. The first kappa shape index (κ1) is 44.7. The van der Waals surface area contributed by atoms with Crippen LogP contribution in [0.25, 0.3) is 0 Å². The first-order valence-corrected chi connectivity index (χ1v) is 12.1. The fraction of sp³-hybridized carbons (Fsp3) is 0.708. The van der Waals surface area contributed by atoms with E-state index in [1.807, 2.05) is 0 Å². The Morgan fingerprint density at radius 1 is 0.583 bits per heavy atom. The van der Waals surface area contributed by atoms with Crippen LogP contribution < -0.4 is 0 Å². The Kier molecular flexibility index (Phi) is 12.9. The number of aliphatic hydroxyl groups excluding tert-OH is 1. The highest BCUT2D eigenvalue weighted by molar-refractivity contribution is 5.88. The first-order chi connectivity index (χ1) is 20.9. The van der Waals surface area contributed by atoms with Crippen LogP contribution in [0.5, 0.6) is 0 Å². The Morgan fingerprint density at radius 2 is 0.896 bits per heavy atom. The smallest absolute Gasteiger partial charge is 0.460 e. The molecule has 0 rings (SSSR count). The van der Waals surface area contributed by atoms with Gasteiger partial charge in [0.05, 0.1) is 6.10 Å². The van der Waals surface area contributed by atoms with Crippen molar-refractivity contribution in [1.29, 1.82) is 0 Å². The van der Waals surface area contributed by atoms with Gasteiger partial charge < -0.3 is 19.3 Å². The molecule has 0 aliphatic heterocycles. The summed E-state index contributed by atoms with van der Waals surface area (Å²) >= 11 is 0. The number of hydrogen-bond donors (Lipinski definition) is 1. The minimum Gasteiger partial charge on any atom is -0.462 e. The molecule has 0 aromatic heterocycles. The average Bonchev–Trinajstić information content (AvgIpc) is 2.91. The van der Waals surface area contributed by atoms with Crippen molar-refractivity contribution in [2.45, 2.75) is 80.9 Å². The van der Waals surface area contributed by atoms with E-state index in [0.29, 0.717) is 0 Å². The Labute approximate surface area is 257 Å². The van der Waals surface area contributed by atoms with Gasteiger partial charge in [0.2, 0.25) is 0 Å². The number of ether oxygens (including phenoxy) is 3. The van der Waals surface area contributed by atoms with Crippen molar-refractivity contribution in [2.75, 3.05) is 19.8 Å². The minimum absolute atomic E-state index is 0.277. The van der Waals surface area contributed by atoms with E-state index in [4.69, 9.17) is 0 Å². The van der Waals surface area contributed by atoms with Crippen LogP contribution in [0, 0.1) is 5.41 Å². The van der Waals surface area contributed by atoms with Crippen LogP contribution in [0.3, 0.4) is 0 Å². The lowest BCUT2D eigenvalue weighted by molar-refractivity contribution is -0.462. The molecule has 7 nitrogen and oxygen atoms in total. The third-order valence-electron chi connectivity index (χ3n) is 5.92. The largest absolute Gasteiger partial charge is 0.462 e. The number of alkyl halides is 17. The number of halogens is 17. The molecule has 24 heteroatoms. The molecule has 0 saturated carbocycles. The van der Waals surface area contributed by atoms with Gasteiger partial charge in [0.25, 0.3) is 0 Å². The second-order valence-electron chi connectivity index (χ2n) is 10.4. The highest BCUT2D eigenvalue weighted by atomic mass is 19.4. The predicted octanol–water partition coefficient (Wildman–Crippen LogP) is 6.53. The molecule has 1 unspecified atom stereocenters. The van der Waals surface area contributed by atoms with Crippen LogP contribution in [0.4, 0.5) is 74.6 Å². The van der Waals surface area contributed by atoms with Crippen molar-refractivity contribution in [2.24, 2.45) is 5.41 Å². The van der Waals surface area contributed by atoms with Crippen molar-refractivity contribution >= 4 is 17.9 Å². The second kappa shape index (κ2) is 13.9. The molecule has 1 atom stereocenters. The molecule has 0 spiro atoms. The van der Waals surface area contributed by atoms with Gasteiger partial charge in [0, 0.05) is 17.6 Å². The number of aliphatic hydroxyl groups is 1. The van der Waals surface area contributed by atoms with Gasteiger partial charge in [-0.3, -0.25) is 4.79 Å². The standard InChI is InChI=1S/C24H23F17O7/c1-10(2)13(43)47-8-16(5,9-48-14(44)11(3)4)15(45)46-7-12(42)6-17(25,26)18(27,28)19(29,30)20(31,32)21(33,34)22(35,36)23(37,38)24(39,40)41/h12,42H,1,3,6-9H2,2,4-5H3. The molecule has 0 fully saturated rings. The van der Waals surface area contributed by atoms with Crippen LogP contribution in [0.1, 0.15) is 27.2 Å². The molecular weight excluding hydrogens is 723 g/mol. The molecule has 48 heavy (non-hydrogen) atoms. The molecule has 0 bridgehead atoms. The summed E-state index contributed by atoms with van der Waals surface area (Å²) in [5.74, 6) is -62.3. The van der Waals surface area contributed by atoms with Crippen LogP contribution in [0.2, 0.25) is 0 Å². The maximum absolute atomic E-state index is 14.2. The van der Waals surface area contributed by atoms with Gasteiger partial charge >= 0.3 is 65.5 Å². The molecule has 0 aliphatic carbocycles. The number of hydrogen-bond acceptors (Lipinski definition) is 7. The fourth-order valence-corrected chi connectivity index (χ4v) is 2.88. The van der Waals surface area contributed by atoms with E-state index in [9.17, 15) is 94.1 Å². The van der Waals surface area contributed by atoms with Gasteiger partial charge in [-0.2, -0.15) is 74.6 Å². The zero-order valence-corrected chi connectivity index (χ0v) is 24.1. The van der Waals surface area contributed by atoms with E-state index in [-0.39, 0.29) is 11.1 Å². The van der Waals surface area contributed by atoms with Crippen molar-refractivity contribution in [1.82, 2.24) is 0 Å². The lowest BCUT2D eigenvalue weighted by Crippen LogP contribution is -2.74. The van der Waals surface area contributed by atoms with Gasteiger partial charge in [-0.15, -0.1) is 0 Å². The Bertz CT molecular complexity index is 1210. The number of carbonyl (C=O) groups is 3. The molecule has 0 aromatic carbocycles. The summed E-state index contributed by atoms with van der Waals surface area (Å²) in [7, 11) is 0. The Balaban J connectivity index is 6.25. The third-order valence-corrected chi connectivity index (χ3v) is 5.92. The minimum atomic E-state index is -8.82. The Hall–Kier alpha value is -3.34. The topological polar surface area (TPSA) is 99.1 Å². The van der Waals surface area contributed by atoms with Gasteiger partial charge in [-0.25, -0.2) is 9.59 Å². The molecular formula is C24H23F17O7. The second-order valence-corrected chi connectivity index (χ2v) is 10.4. The van der Waals surface area contributed by atoms with Crippen LogP contribution in [0.15, 0.2) is 24.3 Å². The predicted molar refractivity (Wildman–Crippen MR) is 122 cm³/mol. The molecule has 280 valence electrons. The quantitative estimate of drug-likeness (QED) is 0.0783. The van der Waals surface area contributed by atoms with Crippen molar-refractivity contribution in [3.05, 3.63) is 24.3 Å². The molecule has 0 heterocycles. The monoisotopic (exact) mass is 746 g/mol. The zero-order chi connectivity index (χ0) is 38.9. The van der Waals surface area contributed by atoms with E-state index < -0.39 is 103 Å². The normalized spacial score (nSPS) is 15.0. The summed E-state index contributed by atoms with van der Waals surface area (Å²) in [4.78, 5) is 35.8. The summed E-state index contributed by atoms with van der Waals surface area (Å²) in [6.07, 6.45) is -14.6. The summed E-state index contributed by atoms with van der Waals surface area (Å²) in [6.45, 7) is 5.15. The van der Waals surface area contributed by atoms with Crippen LogP contribution in [-0.2, 0) is 28.6 Å². The number of rotatable bonds is 17. The summed E-state index contributed by atoms with van der Waals surface area (Å²) in [5, 5.41) is 9.59. The zero-order valence-electron chi connectivity index (χ0n) is 24.1. The molecule has 0 aliphatic rings. The third kappa shape index (κ3) is 8.09. The SMILES string of the molecule is C=C(C)C(=O)OCC(C)(COC(=O)C(=C)C)C(=O)OCC(O)CC(F)(F)C(F)(F)C(F)(F)C(F)(F)C(F)(F)C(F)(F)C(F)(F)C(F)(F)F.